The fourth-order valence-corrected chi connectivity index (χ4v) is 7.99. The molecule has 0 saturated carbocycles. The average molecular weight is 1090 g/mol. The molecule has 0 N–H and O–H groups in total. The molecule has 6 heteroatoms. The zero-order valence-electron chi connectivity index (χ0n) is 50.6. The minimum absolute atomic E-state index is 0.104. The van der Waals surface area contributed by atoms with Crippen LogP contribution in [0.1, 0.15) is 252 Å². The molecule has 79 heavy (non-hydrogen) atoms. The molecule has 0 saturated heterocycles. The normalized spacial score (nSPS) is 13.3. The molecule has 0 fully saturated rings. The van der Waals surface area contributed by atoms with Crippen molar-refractivity contribution >= 4 is 17.9 Å². The molecule has 1 unspecified atom stereocenters. The molecule has 0 aromatic heterocycles. The third kappa shape index (κ3) is 63.5. The molecule has 0 radical (unpaired) electrons. The molecule has 0 amide bonds. The van der Waals surface area contributed by atoms with Crippen molar-refractivity contribution in [3.05, 3.63) is 170 Å². The zero-order valence-corrected chi connectivity index (χ0v) is 50.6. The molecule has 442 valence electrons. The van der Waals surface area contributed by atoms with Gasteiger partial charge < -0.3 is 14.2 Å². The van der Waals surface area contributed by atoms with Crippen molar-refractivity contribution in [2.24, 2.45) is 0 Å². The maximum Gasteiger partial charge on any atom is 0.306 e. The highest BCUT2D eigenvalue weighted by Crippen LogP contribution is 2.13. The molecule has 0 aromatic rings. The number of allylic oxidation sites excluding steroid dienone is 28. The first kappa shape index (κ1) is 73.8. The lowest BCUT2D eigenvalue weighted by atomic mass is 10.1. The van der Waals surface area contributed by atoms with E-state index >= 15 is 0 Å². The molecular formula is C73H114O6. The Hall–Kier alpha value is -5.23. The Balaban J connectivity index is 4.32. The molecule has 0 heterocycles. The fraction of sp³-hybridized carbons (Fsp3) is 0.575. The number of hydrogen-bond donors (Lipinski definition) is 0. The fourth-order valence-electron chi connectivity index (χ4n) is 7.99. The van der Waals surface area contributed by atoms with Crippen LogP contribution in [0.3, 0.4) is 0 Å². The van der Waals surface area contributed by atoms with Crippen molar-refractivity contribution in [3.63, 3.8) is 0 Å². The molecule has 0 bridgehead atoms. The van der Waals surface area contributed by atoms with E-state index in [4.69, 9.17) is 14.2 Å². The van der Waals surface area contributed by atoms with Crippen molar-refractivity contribution in [2.45, 2.75) is 258 Å². The Labute approximate surface area is 485 Å². The van der Waals surface area contributed by atoms with Gasteiger partial charge in [0.05, 0.1) is 0 Å². The monoisotopic (exact) mass is 1090 g/mol. The highest BCUT2D eigenvalue weighted by molar-refractivity contribution is 5.71. The Morgan fingerprint density at radius 2 is 0.494 bits per heavy atom. The van der Waals surface area contributed by atoms with E-state index in [9.17, 15) is 14.4 Å². The first-order valence-corrected chi connectivity index (χ1v) is 31.6. The van der Waals surface area contributed by atoms with Gasteiger partial charge in [0.15, 0.2) is 6.10 Å². The van der Waals surface area contributed by atoms with Crippen molar-refractivity contribution < 1.29 is 28.6 Å². The smallest absolute Gasteiger partial charge is 0.306 e. The summed E-state index contributed by atoms with van der Waals surface area (Å²) in [4.78, 5) is 38.2. The minimum Gasteiger partial charge on any atom is -0.462 e. The topological polar surface area (TPSA) is 78.9 Å². The van der Waals surface area contributed by atoms with E-state index in [1.165, 1.54) is 25.7 Å². The maximum absolute atomic E-state index is 12.8. The molecule has 0 aliphatic carbocycles. The number of unbranched alkanes of at least 4 members (excludes halogenated alkanes) is 16. The number of ether oxygens (including phenoxy) is 3. The minimum atomic E-state index is -0.809. The van der Waals surface area contributed by atoms with Crippen LogP contribution in [0.2, 0.25) is 0 Å². The highest BCUT2D eigenvalue weighted by Gasteiger charge is 2.19. The highest BCUT2D eigenvalue weighted by atomic mass is 16.6. The lowest BCUT2D eigenvalue weighted by Gasteiger charge is -2.18. The Morgan fingerprint density at radius 1 is 0.266 bits per heavy atom. The lowest BCUT2D eigenvalue weighted by Crippen LogP contribution is -2.30. The van der Waals surface area contributed by atoms with Gasteiger partial charge in [-0.1, -0.05) is 255 Å². The van der Waals surface area contributed by atoms with Crippen LogP contribution in [0, 0.1) is 0 Å². The quantitative estimate of drug-likeness (QED) is 0.0261. The number of esters is 3. The molecule has 0 spiro atoms. The third-order valence-electron chi connectivity index (χ3n) is 12.7. The van der Waals surface area contributed by atoms with Gasteiger partial charge in [-0.2, -0.15) is 0 Å². The summed E-state index contributed by atoms with van der Waals surface area (Å²) in [7, 11) is 0. The second-order valence-electron chi connectivity index (χ2n) is 20.2. The van der Waals surface area contributed by atoms with Gasteiger partial charge in [0.25, 0.3) is 0 Å². The molecular weight excluding hydrogens is 973 g/mol. The number of carbonyl (C=O) groups is 3. The van der Waals surface area contributed by atoms with Gasteiger partial charge in [-0.25, -0.2) is 0 Å². The van der Waals surface area contributed by atoms with E-state index in [2.05, 4.69) is 191 Å². The Morgan fingerprint density at radius 3 is 0.785 bits per heavy atom. The molecule has 0 aliphatic rings. The second kappa shape index (κ2) is 65.3. The predicted molar refractivity (Wildman–Crippen MR) is 343 cm³/mol. The predicted octanol–water partition coefficient (Wildman–Crippen LogP) is 21.9. The second-order valence-corrected chi connectivity index (χ2v) is 20.2. The summed E-state index contributed by atoms with van der Waals surface area (Å²) in [6, 6.07) is 0. The van der Waals surface area contributed by atoms with Crippen molar-refractivity contribution in [2.75, 3.05) is 13.2 Å². The Bertz CT molecular complexity index is 1820. The van der Waals surface area contributed by atoms with Crippen molar-refractivity contribution in [3.8, 4) is 0 Å². The summed E-state index contributed by atoms with van der Waals surface area (Å²) in [5.41, 5.74) is 0. The standard InChI is InChI=1S/C73H114O6/c1-4-7-10-13-16-19-22-24-26-27-28-29-30-31-32-33-34-35-36-37-38-39-40-41-42-43-44-45-47-48-51-54-57-60-63-66-72(75)78-69-70(68-77-71(74)65-62-59-56-53-50-21-18-15-12-9-6-3)79-73(76)67-64-61-58-55-52-49-46-25-23-20-17-14-11-8-5-2/h7-8,10-11,15-20,24-26,28-29,31-32,34-35,37-38,40-41,43-44,46-48,70H,4-6,9,12-14,21-23,27,30,33,36,39,42,45,49-69H2,1-3H3/b10-7-,11-8-,18-15-,19-16-,20-17-,26-24-,29-28-,32-31-,35-34-,38-37-,41-40-,44-43-,46-25-,48-47-. The maximum atomic E-state index is 12.8. The first-order chi connectivity index (χ1) is 39.0. The van der Waals surface area contributed by atoms with Crippen LogP contribution in [0.15, 0.2) is 170 Å². The summed E-state index contributed by atoms with van der Waals surface area (Å²) in [6.07, 6.45) is 96.5. The van der Waals surface area contributed by atoms with Crippen LogP contribution in [-0.2, 0) is 28.6 Å². The lowest BCUT2D eigenvalue weighted by molar-refractivity contribution is -0.167. The third-order valence-corrected chi connectivity index (χ3v) is 12.7. The van der Waals surface area contributed by atoms with Crippen LogP contribution in [0.4, 0.5) is 0 Å². The Kier molecular flexibility index (Phi) is 61.0. The van der Waals surface area contributed by atoms with Crippen LogP contribution < -0.4 is 0 Å². The van der Waals surface area contributed by atoms with Crippen LogP contribution >= 0.6 is 0 Å². The van der Waals surface area contributed by atoms with Crippen LogP contribution in [0.5, 0.6) is 0 Å². The summed E-state index contributed by atoms with van der Waals surface area (Å²) in [5, 5.41) is 0. The molecule has 6 nitrogen and oxygen atoms in total. The van der Waals surface area contributed by atoms with E-state index in [-0.39, 0.29) is 31.1 Å². The van der Waals surface area contributed by atoms with Gasteiger partial charge in [-0.15, -0.1) is 0 Å². The van der Waals surface area contributed by atoms with Crippen LogP contribution in [-0.4, -0.2) is 37.2 Å². The van der Waals surface area contributed by atoms with Crippen molar-refractivity contribution in [1.82, 2.24) is 0 Å². The van der Waals surface area contributed by atoms with E-state index in [1.54, 1.807) is 0 Å². The molecule has 0 rings (SSSR count). The van der Waals surface area contributed by atoms with Crippen molar-refractivity contribution in [1.29, 1.82) is 0 Å². The molecule has 0 aromatic carbocycles. The van der Waals surface area contributed by atoms with E-state index in [1.807, 2.05) is 0 Å². The number of hydrogen-bond acceptors (Lipinski definition) is 6. The van der Waals surface area contributed by atoms with Gasteiger partial charge in [-0.3, -0.25) is 14.4 Å². The summed E-state index contributed by atoms with van der Waals surface area (Å²) in [5.74, 6) is -0.964. The van der Waals surface area contributed by atoms with E-state index in [0.717, 1.165) is 186 Å². The van der Waals surface area contributed by atoms with E-state index < -0.39 is 6.10 Å². The van der Waals surface area contributed by atoms with Gasteiger partial charge in [0.2, 0.25) is 0 Å². The number of carbonyl (C=O) groups excluding carboxylic acids is 3. The van der Waals surface area contributed by atoms with Gasteiger partial charge in [-0.05, 0) is 148 Å². The molecule has 0 aliphatic heterocycles. The van der Waals surface area contributed by atoms with Gasteiger partial charge >= 0.3 is 17.9 Å². The van der Waals surface area contributed by atoms with Gasteiger partial charge in [0.1, 0.15) is 13.2 Å². The van der Waals surface area contributed by atoms with Gasteiger partial charge in [0, 0.05) is 19.3 Å². The number of rotatable bonds is 55. The SMILES string of the molecule is CC/C=C\C/C=C\C/C=C\C/C=C\C/C=C\C/C=C\C/C=C\C/C=C\C/C=C\C/C=C\CCCCCCC(=O)OCC(COC(=O)CCCCCCC/C=C\CCCC)OC(=O)CCCCCCC/C=C\C/C=C\C/C=C\CC. The average Bonchev–Trinajstić information content (AvgIpc) is 3.45. The molecule has 1 atom stereocenters. The summed E-state index contributed by atoms with van der Waals surface area (Å²) >= 11 is 0. The van der Waals surface area contributed by atoms with Crippen LogP contribution in [0.25, 0.3) is 0 Å². The summed E-state index contributed by atoms with van der Waals surface area (Å²) in [6.45, 7) is 6.32. The summed E-state index contributed by atoms with van der Waals surface area (Å²) < 4.78 is 16.8. The first-order valence-electron chi connectivity index (χ1n) is 31.6. The zero-order chi connectivity index (χ0) is 57.1. The van der Waals surface area contributed by atoms with E-state index in [0.29, 0.717) is 19.3 Å². The largest absolute Gasteiger partial charge is 0.462 e.